The summed E-state index contributed by atoms with van der Waals surface area (Å²) < 4.78 is 20.6. The first kappa shape index (κ1) is 21.6. The molecular formula is C24H21FN4O2S. The fourth-order valence-corrected chi connectivity index (χ4v) is 3.83. The highest BCUT2D eigenvalue weighted by Gasteiger charge is 2.11. The number of pyridine rings is 1. The van der Waals surface area contributed by atoms with Crippen LogP contribution in [0.25, 0.3) is 5.69 Å². The number of thioether (sulfide) groups is 1. The van der Waals surface area contributed by atoms with E-state index in [1.54, 1.807) is 24.5 Å². The highest BCUT2D eigenvalue weighted by atomic mass is 32.2. The van der Waals surface area contributed by atoms with Crippen LogP contribution < -0.4 is 10.1 Å². The lowest BCUT2D eigenvalue weighted by molar-refractivity contribution is -0.118. The summed E-state index contributed by atoms with van der Waals surface area (Å²) in [6.45, 7) is 2.38. The number of hydrogen-bond acceptors (Lipinski definition) is 5. The van der Waals surface area contributed by atoms with E-state index in [0.717, 1.165) is 22.0 Å². The van der Waals surface area contributed by atoms with E-state index in [9.17, 15) is 9.18 Å². The number of nitrogens with zero attached hydrogens (tertiary/aromatic N) is 3. The van der Waals surface area contributed by atoms with Crippen molar-refractivity contribution in [3.05, 3.63) is 96.2 Å². The lowest BCUT2D eigenvalue weighted by atomic mass is 10.2. The van der Waals surface area contributed by atoms with Gasteiger partial charge in [0.25, 0.3) is 0 Å². The molecule has 2 aromatic carbocycles. The summed E-state index contributed by atoms with van der Waals surface area (Å²) in [5.74, 6) is 0.666. The van der Waals surface area contributed by atoms with Crippen LogP contribution in [0.2, 0.25) is 0 Å². The van der Waals surface area contributed by atoms with Crippen molar-refractivity contribution < 1.29 is 13.9 Å². The molecule has 0 aliphatic carbocycles. The zero-order valence-electron chi connectivity index (χ0n) is 17.4. The van der Waals surface area contributed by atoms with Crippen LogP contribution in [0.15, 0.2) is 84.4 Å². The third-order valence-corrected chi connectivity index (χ3v) is 5.61. The van der Waals surface area contributed by atoms with Gasteiger partial charge in [0.2, 0.25) is 11.8 Å². The zero-order chi connectivity index (χ0) is 22.3. The Hall–Kier alpha value is -3.65. The standard InChI is InChI=1S/C24H21FN4O2S/c1-17-4-2-3-5-21(17)29-13-12-27-24(29)32-16-22(30)28-15-18-10-11-26-23(14-18)31-20-8-6-19(25)7-9-20/h2-14H,15-16H2,1H3,(H,28,30). The van der Waals surface area contributed by atoms with Gasteiger partial charge < -0.3 is 10.1 Å². The second kappa shape index (κ2) is 10.1. The van der Waals surface area contributed by atoms with Crippen molar-refractivity contribution in [1.29, 1.82) is 0 Å². The van der Waals surface area contributed by atoms with E-state index in [0.29, 0.717) is 18.2 Å². The molecule has 0 aliphatic rings. The predicted octanol–water partition coefficient (Wildman–Crippen LogP) is 4.92. The molecule has 0 fully saturated rings. The summed E-state index contributed by atoms with van der Waals surface area (Å²) in [7, 11) is 0. The molecule has 0 radical (unpaired) electrons. The molecule has 0 saturated heterocycles. The Morgan fingerprint density at radius 2 is 1.91 bits per heavy atom. The number of nitrogens with one attached hydrogen (secondary N) is 1. The van der Waals surface area contributed by atoms with Crippen LogP contribution in [-0.2, 0) is 11.3 Å². The molecule has 32 heavy (non-hydrogen) atoms. The van der Waals surface area contributed by atoms with Crippen molar-refractivity contribution in [2.45, 2.75) is 18.6 Å². The van der Waals surface area contributed by atoms with E-state index in [2.05, 4.69) is 15.3 Å². The Kier molecular flexibility index (Phi) is 6.81. The first-order valence-electron chi connectivity index (χ1n) is 9.96. The number of halogens is 1. The average molecular weight is 449 g/mol. The summed E-state index contributed by atoms with van der Waals surface area (Å²) in [4.78, 5) is 20.9. The van der Waals surface area contributed by atoms with Gasteiger partial charge in [-0.2, -0.15) is 0 Å². The Labute approximate surface area is 189 Å². The molecule has 0 saturated carbocycles. The maximum absolute atomic E-state index is 13.0. The van der Waals surface area contributed by atoms with E-state index >= 15 is 0 Å². The van der Waals surface area contributed by atoms with Crippen LogP contribution in [0.3, 0.4) is 0 Å². The van der Waals surface area contributed by atoms with Gasteiger partial charge in [0.05, 0.1) is 11.4 Å². The normalized spacial score (nSPS) is 10.7. The SMILES string of the molecule is Cc1ccccc1-n1ccnc1SCC(=O)NCc1ccnc(Oc2ccc(F)cc2)c1. The molecule has 0 aliphatic heterocycles. The maximum Gasteiger partial charge on any atom is 0.230 e. The Bertz CT molecular complexity index is 1210. The van der Waals surface area contributed by atoms with E-state index in [4.69, 9.17) is 4.74 Å². The van der Waals surface area contributed by atoms with E-state index in [1.807, 2.05) is 42.0 Å². The van der Waals surface area contributed by atoms with Gasteiger partial charge in [-0.3, -0.25) is 9.36 Å². The van der Waals surface area contributed by atoms with Crippen LogP contribution in [0, 0.1) is 12.7 Å². The summed E-state index contributed by atoms with van der Waals surface area (Å²) in [6.07, 6.45) is 5.22. The molecule has 4 rings (SSSR count). The lowest BCUT2D eigenvalue weighted by Crippen LogP contribution is -2.24. The number of benzene rings is 2. The number of hydrogen-bond donors (Lipinski definition) is 1. The first-order valence-corrected chi connectivity index (χ1v) is 10.9. The average Bonchev–Trinajstić information content (AvgIpc) is 3.27. The molecule has 0 atom stereocenters. The molecule has 0 bridgehead atoms. The van der Waals surface area contributed by atoms with E-state index in [1.165, 1.54) is 36.0 Å². The van der Waals surface area contributed by atoms with Crippen molar-refractivity contribution in [2.75, 3.05) is 5.75 Å². The Morgan fingerprint density at radius 1 is 1.09 bits per heavy atom. The number of imidazole rings is 1. The molecule has 6 nitrogen and oxygen atoms in total. The fourth-order valence-electron chi connectivity index (χ4n) is 3.03. The predicted molar refractivity (Wildman–Crippen MR) is 122 cm³/mol. The minimum absolute atomic E-state index is 0.104. The number of ether oxygens (including phenoxy) is 1. The number of carbonyl (C=O) groups is 1. The highest BCUT2D eigenvalue weighted by molar-refractivity contribution is 7.99. The van der Waals surface area contributed by atoms with Gasteiger partial charge in [0.15, 0.2) is 5.16 Å². The van der Waals surface area contributed by atoms with Crippen molar-refractivity contribution in [1.82, 2.24) is 19.9 Å². The molecule has 8 heteroatoms. The smallest absolute Gasteiger partial charge is 0.230 e. The van der Waals surface area contributed by atoms with Crippen LogP contribution in [0.1, 0.15) is 11.1 Å². The lowest BCUT2D eigenvalue weighted by Gasteiger charge is -2.10. The minimum atomic E-state index is -0.332. The largest absolute Gasteiger partial charge is 0.439 e. The Balaban J connectivity index is 1.31. The second-order valence-corrected chi connectivity index (χ2v) is 7.93. The van der Waals surface area contributed by atoms with Gasteiger partial charge in [-0.25, -0.2) is 14.4 Å². The topological polar surface area (TPSA) is 69.0 Å². The van der Waals surface area contributed by atoms with Crippen LogP contribution >= 0.6 is 11.8 Å². The molecule has 1 amide bonds. The number of para-hydroxylation sites is 1. The van der Waals surface area contributed by atoms with Gasteiger partial charge in [0, 0.05) is 31.2 Å². The summed E-state index contributed by atoms with van der Waals surface area (Å²) >= 11 is 1.38. The second-order valence-electron chi connectivity index (χ2n) is 6.99. The van der Waals surface area contributed by atoms with E-state index in [-0.39, 0.29) is 17.5 Å². The van der Waals surface area contributed by atoms with Crippen molar-refractivity contribution in [3.8, 4) is 17.3 Å². The number of amides is 1. The van der Waals surface area contributed by atoms with Gasteiger partial charge in [0.1, 0.15) is 11.6 Å². The van der Waals surface area contributed by atoms with Crippen LogP contribution in [0.4, 0.5) is 4.39 Å². The summed E-state index contributed by atoms with van der Waals surface area (Å²) in [6, 6.07) is 17.3. The molecule has 0 spiro atoms. The number of rotatable bonds is 8. The van der Waals surface area contributed by atoms with Gasteiger partial charge >= 0.3 is 0 Å². The van der Waals surface area contributed by atoms with Gasteiger partial charge in [-0.15, -0.1) is 0 Å². The number of aryl methyl sites for hydroxylation is 1. The summed E-state index contributed by atoms with van der Waals surface area (Å²) in [5, 5.41) is 3.66. The van der Waals surface area contributed by atoms with Crippen molar-refractivity contribution >= 4 is 17.7 Å². The molecule has 1 N–H and O–H groups in total. The third-order valence-electron chi connectivity index (χ3n) is 4.64. The summed E-state index contributed by atoms with van der Waals surface area (Å²) in [5.41, 5.74) is 3.02. The number of carbonyl (C=O) groups excluding carboxylic acids is 1. The molecule has 2 aromatic heterocycles. The monoisotopic (exact) mass is 448 g/mol. The van der Waals surface area contributed by atoms with Gasteiger partial charge in [-0.1, -0.05) is 30.0 Å². The van der Waals surface area contributed by atoms with Crippen LogP contribution in [-0.4, -0.2) is 26.2 Å². The number of aromatic nitrogens is 3. The van der Waals surface area contributed by atoms with Crippen molar-refractivity contribution in [3.63, 3.8) is 0 Å². The molecule has 4 aromatic rings. The van der Waals surface area contributed by atoms with Crippen molar-refractivity contribution in [2.24, 2.45) is 0 Å². The minimum Gasteiger partial charge on any atom is -0.439 e. The Morgan fingerprint density at radius 3 is 2.72 bits per heavy atom. The molecule has 0 unspecified atom stereocenters. The van der Waals surface area contributed by atoms with Gasteiger partial charge in [-0.05, 0) is 54.4 Å². The highest BCUT2D eigenvalue weighted by Crippen LogP contribution is 2.23. The zero-order valence-corrected chi connectivity index (χ0v) is 18.2. The quantitative estimate of drug-likeness (QED) is 0.388. The molecule has 2 heterocycles. The van der Waals surface area contributed by atoms with Crippen LogP contribution in [0.5, 0.6) is 11.6 Å². The third kappa shape index (κ3) is 5.53. The first-order chi connectivity index (χ1) is 15.6. The maximum atomic E-state index is 13.0. The molecule has 162 valence electrons. The van der Waals surface area contributed by atoms with E-state index < -0.39 is 0 Å². The molecular weight excluding hydrogens is 427 g/mol. The fraction of sp³-hybridized carbons (Fsp3) is 0.125.